The Morgan fingerprint density at radius 3 is 2.35 bits per heavy atom. The van der Waals surface area contributed by atoms with E-state index in [4.69, 9.17) is 4.74 Å². The van der Waals surface area contributed by atoms with Gasteiger partial charge in [-0.3, -0.25) is 14.3 Å². The zero-order valence-electron chi connectivity index (χ0n) is 20.5. The maximum atomic E-state index is 12.9. The Morgan fingerprint density at radius 2 is 1.73 bits per heavy atom. The molecule has 3 heterocycles. The molecular formula is C26H29F3N4O4. The van der Waals surface area contributed by atoms with Crippen LogP contribution in [-0.2, 0) is 4.74 Å². The zero-order valence-corrected chi connectivity index (χ0v) is 20.5. The molecule has 1 aliphatic carbocycles. The van der Waals surface area contributed by atoms with Crippen LogP contribution in [0.15, 0.2) is 41.3 Å². The maximum Gasteiger partial charge on any atom is 0.573 e. The summed E-state index contributed by atoms with van der Waals surface area (Å²) in [5.41, 5.74) is 2.53. The molecule has 1 saturated heterocycles. The van der Waals surface area contributed by atoms with Crippen LogP contribution in [0, 0.1) is 0 Å². The number of rotatable bonds is 5. The van der Waals surface area contributed by atoms with Gasteiger partial charge in [0.05, 0.1) is 11.6 Å². The third kappa shape index (κ3) is 5.51. The Morgan fingerprint density at radius 1 is 1.05 bits per heavy atom. The lowest BCUT2D eigenvalue weighted by Crippen LogP contribution is -2.40. The van der Waals surface area contributed by atoms with Gasteiger partial charge in [-0.15, -0.1) is 13.2 Å². The minimum atomic E-state index is -4.78. The number of methoxy groups -OCH3 is 1. The first-order chi connectivity index (χ1) is 17.7. The van der Waals surface area contributed by atoms with E-state index in [-0.39, 0.29) is 29.0 Å². The summed E-state index contributed by atoms with van der Waals surface area (Å²) in [7, 11) is 1.75. The number of hydrogen-bond acceptors (Lipinski definition) is 5. The number of nitrogens with zero attached hydrogens (tertiary/aromatic N) is 3. The molecule has 0 bridgehead atoms. The first-order valence-corrected chi connectivity index (χ1v) is 12.5. The Kier molecular flexibility index (Phi) is 6.98. The van der Waals surface area contributed by atoms with Gasteiger partial charge in [-0.05, 0) is 80.3 Å². The van der Waals surface area contributed by atoms with Gasteiger partial charge < -0.3 is 14.4 Å². The minimum Gasteiger partial charge on any atom is -0.406 e. The van der Waals surface area contributed by atoms with E-state index in [1.807, 2.05) is 6.20 Å². The summed E-state index contributed by atoms with van der Waals surface area (Å²) in [5, 5.41) is 0. The molecule has 8 nitrogen and oxygen atoms in total. The lowest BCUT2D eigenvalue weighted by molar-refractivity contribution is -0.274. The molecule has 0 radical (unpaired) electrons. The summed E-state index contributed by atoms with van der Waals surface area (Å²) in [6.45, 7) is 0.856. The zero-order chi connectivity index (χ0) is 26.2. The fraction of sp³-hybridized carbons (Fsp3) is 0.500. The topological polar surface area (TPSA) is 89.5 Å². The molecule has 0 atom stereocenters. The molecule has 1 N–H and O–H groups in total. The number of hydrogen-bond donors (Lipinski definition) is 1. The number of carbonyl (C=O) groups is 1. The first kappa shape index (κ1) is 25.3. The summed E-state index contributed by atoms with van der Waals surface area (Å²) >= 11 is 0. The molecule has 11 heteroatoms. The maximum absolute atomic E-state index is 12.9. The number of pyridine rings is 1. The van der Waals surface area contributed by atoms with Crippen molar-refractivity contribution in [2.45, 2.75) is 63.0 Å². The molecule has 0 unspecified atom stereocenters. The van der Waals surface area contributed by atoms with Gasteiger partial charge in [-0.25, -0.2) is 9.78 Å². The first-order valence-electron chi connectivity index (χ1n) is 12.5. The van der Waals surface area contributed by atoms with Crippen molar-refractivity contribution in [2.75, 3.05) is 20.2 Å². The predicted molar refractivity (Wildman–Crippen MR) is 130 cm³/mol. The van der Waals surface area contributed by atoms with Gasteiger partial charge in [0.15, 0.2) is 5.65 Å². The molecule has 2 aromatic heterocycles. The second-order valence-corrected chi connectivity index (χ2v) is 9.74. The van der Waals surface area contributed by atoms with Crippen molar-refractivity contribution in [2.24, 2.45) is 0 Å². The number of aromatic amines is 1. The van der Waals surface area contributed by atoms with Crippen LogP contribution in [0.5, 0.6) is 5.75 Å². The van der Waals surface area contributed by atoms with Crippen LogP contribution >= 0.6 is 0 Å². The van der Waals surface area contributed by atoms with Crippen molar-refractivity contribution in [1.82, 2.24) is 19.4 Å². The van der Waals surface area contributed by atoms with Crippen molar-refractivity contribution in [3.63, 3.8) is 0 Å². The van der Waals surface area contributed by atoms with Crippen LogP contribution < -0.4 is 10.4 Å². The average molecular weight is 519 g/mol. The summed E-state index contributed by atoms with van der Waals surface area (Å²) in [6.07, 6.45) is 2.58. The minimum absolute atomic E-state index is 0.0888. The summed E-state index contributed by atoms with van der Waals surface area (Å²) in [4.78, 5) is 34.8. The number of halogens is 3. The standard InChI is InChI=1S/C26H29F3N4O4/c1-36-20-6-2-16(3-7-20)18-14-22-23(30-15-18)31-25(35)33(22)19-10-12-32(13-11-19)24(34)17-4-8-21(9-5-17)37-26(27,28)29/h4-5,8-9,14-16,19-20H,2-3,6-7,10-13H2,1H3,(H,30,31,35)/t16-,20-. The Bertz CT molecular complexity index is 1300. The smallest absolute Gasteiger partial charge is 0.406 e. The van der Waals surface area contributed by atoms with E-state index < -0.39 is 6.36 Å². The number of nitrogens with one attached hydrogen (secondary N) is 1. The fourth-order valence-electron chi connectivity index (χ4n) is 5.55. The number of alkyl halides is 3. The van der Waals surface area contributed by atoms with Gasteiger partial charge in [-0.1, -0.05) is 0 Å². The fourth-order valence-corrected chi connectivity index (χ4v) is 5.55. The van der Waals surface area contributed by atoms with E-state index in [0.29, 0.717) is 43.6 Å². The second-order valence-electron chi connectivity index (χ2n) is 9.74. The van der Waals surface area contributed by atoms with Gasteiger partial charge >= 0.3 is 12.1 Å². The number of H-pyrrole nitrogens is 1. The normalized spacial score (nSPS) is 21.4. The van der Waals surface area contributed by atoms with Gasteiger partial charge in [0.25, 0.3) is 5.91 Å². The largest absolute Gasteiger partial charge is 0.573 e. The highest BCUT2D eigenvalue weighted by Gasteiger charge is 2.32. The van der Waals surface area contributed by atoms with Gasteiger partial charge in [-0.2, -0.15) is 0 Å². The van der Waals surface area contributed by atoms with Gasteiger partial charge in [0.1, 0.15) is 5.75 Å². The van der Waals surface area contributed by atoms with Crippen molar-refractivity contribution in [3.05, 3.63) is 58.1 Å². The summed E-state index contributed by atoms with van der Waals surface area (Å²) < 4.78 is 48.3. The van der Waals surface area contributed by atoms with Crippen molar-refractivity contribution >= 4 is 17.1 Å². The second kappa shape index (κ2) is 10.2. The Hall–Kier alpha value is -3.34. The number of amides is 1. The molecule has 2 aliphatic rings. The summed E-state index contributed by atoms with van der Waals surface area (Å²) in [5.74, 6) is -0.255. The number of imidazole rings is 1. The van der Waals surface area contributed by atoms with E-state index in [1.54, 1.807) is 16.6 Å². The molecular weight excluding hydrogens is 489 g/mol. The molecule has 1 saturated carbocycles. The van der Waals surface area contributed by atoms with E-state index in [1.165, 1.54) is 12.1 Å². The monoisotopic (exact) mass is 518 g/mol. The van der Waals surface area contributed by atoms with Crippen LogP contribution in [0.2, 0.25) is 0 Å². The number of likely N-dealkylation sites (tertiary alicyclic amines) is 1. The number of fused-ring (bicyclic) bond motifs is 1. The van der Waals surface area contributed by atoms with Crippen LogP contribution in [0.25, 0.3) is 11.2 Å². The Balaban J connectivity index is 1.27. The lowest BCUT2D eigenvalue weighted by atomic mass is 9.83. The SMILES string of the molecule is CO[C@H]1CC[C@H](c2cnc3[nH]c(=O)n(C4CCN(C(=O)c5ccc(OC(F)(F)F)cc5)CC4)c3c2)CC1. The molecule has 3 aromatic rings. The quantitative estimate of drug-likeness (QED) is 0.526. The molecule has 1 aromatic carbocycles. The number of aromatic nitrogens is 3. The van der Waals surface area contributed by atoms with Gasteiger partial charge in [0.2, 0.25) is 0 Å². The third-order valence-corrected chi connectivity index (χ3v) is 7.52. The summed E-state index contributed by atoms with van der Waals surface area (Å²) in [6, 6.07) is 6.89. The number of ether oxygens (including phenoxy) is 2. The van der Waals surface area contributed by atoms with Crippen LogP contribution in [-0.4, -0.2) is 58.0 Å². The van der Waals surface area contributed by atoms with E-state index in [2.05, 4.69) is 20.8 Å². The highest BCUT2D eigenvalue weighted by molar-refractivity contribution is 5.94. The van der Waals surface area contributed by atoms with Gasteiger partial charge in [0, 0.05) is 38.0 Å². The number of benzene rings is 1. The highest BCUT2D eigenvalue weighted by atomic mass is 19.4. The predicted octanol–water partition coefficient (Wildman–Crippen LogP) is 4.77. The van der Waals surface area contributed by atoms with Crippen LogP contribution in [0.1, 0.15) is 66.4 Å². The van der Waals surface area contributed by atoms with E-state index in [0.717, 1.165) is 48.9 Å². The van der Waals surface area contributed by atoms with Crippen molar-refractivity contribution < 1.29 is 27.4 Å². The molecule has 5 rings (SSSR count). The molecule has 37 heavy (non-hydrogen) atoms. The third-order valence-electron chi connectivity index (χ3n) is 7.52. The number of piperidine rings is 1. The van der Waals surface area contributed by atoms with Crippen LogP contribution in [0.4, 0.5) is 13.2 Å². The highest BCUT2D eigenvalue weighted by Crippen LogP contribution is 2.35. The van der Waals surface area contributed by atoms with Crippen LogP contribution in [0.3, 0.4) is 0 Å². The molecule has 1 amide bonds. The lowest BCUT2D eigenvalue weighted by Gasteiger charge is -2.32. The van der Waals surface area contributed by atoms with Crippen molar-refractivity contribution in [3.8, 4) is 5.75 Å². The van der Waals surface area contributed by atoms with Crippen molar-refractivity contribution in [1.29, 1.82) is 0 Å². The van der Waals surface area contributed by atoms with E-state index >= 15 is 0 Å². The molecule has 1 aliphatic heterocycles. The molecule has 2 fully saturated rings. The average Bonchev–Trinajstić information content (AvgIpc) is 3.23. The molecule has 0 spiro atoms. The Labute approximate surface area is 211 Å². The number of carbonyl (C=O) groups excluding carboxylic acids is 1. The molecule has 198 valence electrons. The van der Waals surface area contributed by atoms with E-state index in [9.17, 15) is 22.8 Å².